The number of thioether (sulfide) groups is 1. The van der Waals surface area contributed by atoms with Gasteiger partial charge in [-0.25, -0.2) is 0 Å². The average Bonchev–Trinajstić information content (AvgIpc) is 2.38. The fourth-order valence-corrected chi connectivity index (χ4v) is 4.79. The van der Waals surface area contributed by atoms with E-state index in [1.807, 2.05) is 30.0 Å². The van der Waals surface area contributed by atoms with Crippen molar-refractivity contribution in [2.24, 2.45) is 5.92 Å². The third kappa shape index (κ3) is 1.52. The summed E-state index contributed by atoms with van der Waals surface area (Å²) in [6.45, 7) is 0. The lowest BCUT2D eigenvalue weighted by molar-refractivity contribution is -0.147. The molecule has 1 saturated carbocycles. The van der Waals surface area contributed by atoms with Gasteiger partial charge >= 0.3 is 5.97 Å². The van der Waals surface area contributed by atoms with Gasteiger partial charge in [0.05, 0.1) is 5.41 Å². The Hall–Kier alpha value is -0.960. The number of carboxylic acid groups (broad SMARTS) is 1. The second-order valence-corrected chi connectivity index (χ2v) is 6.09. The molecule has 1 aromatic carbocycles. The van der Waals surface area contributed by atoms with Crippen molar-refractivity contribution in [3.63, 3.8) is 0 Å². The molecule has 17 heavy (non-hydrogen) atoms. The number of carbonyl (C=O) groups is 1. The van der Waals surface area contributed by atoms with Crippen LogP contribution in [0.1, 0.15) is 31.2 Å². The van der Waals surface area contributed by atoms with Crippen LogP contribution in [0, 0.1) is 5.92 Å². The van der Waals surface area contributed by atoms with Crippen molar-refractivity contribution in [3.8, 4) is 0 Å². The molecule has 0 aromatic heterocycles. The summed E-state index contributed by atoms with van der Waals surface area (Å²) in [5.74, 6) is 0.659. The zero-order valence-electron chi connectivity index (χ0n) is 9.69. The zero-order chi connectivity index (χ0) is 11.9. The second-order valence-electron chi connectivity index (χ2n) is 5.03. The largest absolute Gasteiger partial charge is 0.481 e. The van der Waals surface area contributed by atoms with E-state index in [1.54, 1.807) is 0 Å². The van der Waals surface area contributed by atoms with Crippen molar-refractivity contribution < 1.29 is 9.90 Å². The third-order valence-corrected chi connectivity index (χ3v) is 5.50. The van der Waals surface area contributed by atoms with E-state index in [9.17, 15) is 9.90 Å². The number of fused-ring (bicyclic) bond motifs is 3. The summed E-state index contributed by atoms with van der Waals surface area (Å²) in [4.78, 5) is 13.0. The van der Waals surface area contributed by atoms with Crippen LogP contribution in [0.3, 0.4) is 0 Å². The van der Waals surface area contributed by atoms with Crippen LogP contribution in [0.25, 0.3) is 0 Å². The summed E-state index contributed by atoms with van der Waals surface area (Å²) in [7, 11) is 0. The van der Waals surface area contributed by atoms with Gasteiger partial charge in [0.1, 0.15) is 0 Å². The number of hydrogen-bond donors (Lipinski definition) is 1. The van der Waals surface area contributed by atoms with E-state index in [4.69, 9.17) is 0 Å². The first-order valence-electron chi connectivity index (χ1n) is 6.21. The third-order valence-electron chi connectivity index (χ3n) is 4.26. The molecule has 2 atom stereocenters. The molecule has 1 N–H and O–H groups in total. The molecule has 0 radical (unpaired) electrons. The van der Waals surface area contributed by atoms with E-state index >= 15 is 0 Å². The van der Waals surface area contributed by atoms with Crippen LogP contribution in [0.5, 0.6) is 0 Å². The normalized spacial score (nSPS) is 31.4. The lowest BCUT2D eigenvalue weighted by atomic mass is 9.63. The smallest absolute Gasteiger partial charge is 0.314 e. The lowest BCUT2D eigenvalue weighted by Crippen LogP contribution is -2.48. The quantitative estimate of drug-likeness (QED) is 0.828. The van der Waals surface area contributed by atoms with Crippen LogP contribution < -0.4 is 0 Å². The average molecular weight is 248 g/mol. The van der Waals surface area contributed by atoms with Crippen molar-refractivity contribution in [2.75, 3.05) is 5.75 Å². The van der Waals surface area contributed by atoms with Gasteiger partial charge < -0.3 is 5.11 Å². The Morgan fingerprint density at radius 3 is 3.00 bits per heavy atom. The molecule has 1 heterocycles. The van der Waals surface area contributed by atoms with Crippen LogP contribution in [0.2, 0.25) is 0 Å². The molecular formula is C14H16O2S. The Morgan fingerprint density at radius 2 is 2.18 bits per heavy atom. The van der Waals surface area contributed by atoms with Gasteiger partial charge in [-0.1, -0.05) is 31.0 Å². The van der Waals surface area contributed by atoms with Gasteiger partial charge in [0.25, 0.3) is 0 Å². The number of hydrogen-bond acceptors (Lipinski definition) is 2. The van der Waals surface area contributed by atoms with Gasteiger partial charge in [-0.3, -0.25) is 4.79 Å². The number of carboxylic acids is 1. The van der Waals surface area contributed by atoms with Crippen molar-refractivity contribution in [1.29, 1.82) is 0 Å². The Kier molecular flexibility index (Phi) is 2.66. The van der Waals surface area contributed by atoms with Gasteiger partial charge in [-0.15, -0.1) is 11.8 Å². The van der Waals surface area contributed by atoms with E-state index in [-0.39, 0.29) is 0 Å². The molecule has 3 heteroatoms. The molecule has 1 fully saturated rings. The highest BCUT2D eigenvalue weighted by atomic mass is 32.2. The number of aliphatic carboxylic acids is 1. The zero-order valence-corrected chi connectivity index (χ0v) is 10.5. The number of rotatable bonds is 1. The van der Waals surface area contributed by atoms with E-state index in [0.717, 1.165) is 30.6 Å². The molecule has 2 aliphatic rings. The van der Waals surface area contributed by atoms with Gasteiger partial charge in [-0.05, 0) is 30.4 Å². The minimum atomic E-state index is -0.616. The fraction of sp³-hybridized carbons (Fsp3) is 0.500. The summed E-state index contributed by atoms with van der Waals surface area (Å²) >= 11 is 1.83. The maximum atomic E-state index is 11.9. The highest BCUT2D eigenvalue weighted by Gasteiger charge is 2.51. The standard InChI is InChI=1S/C14H16O2S/c15-13(16)14-8-4-3-5-10(14)9-17-12-7-2-1-6-11(12)14/h1-2,6-7,10H,3-5,8-9H2,(H,15,16). The first-order chi connectivity index (χ1) is 8.25. The molecule has 1 aliphatic heterocycles. The molecule has 3 rings (SSSR count). The van der Waals surface area contributed by atoms with E-state index in [1.165, 1.54) is 11.3 Å². The Balaban J connectivity index is 2.18. The van der Waals surface area contributed by atoms with Crippen molar-refractivity contribution in [3.05, 3.63) is 29.8 Å². The first-order valence-corrected chi connectivity index (χ1v) is 7.19. The van der Waals surface area contributed by atoms with Gasteiger partial charge in [-0.2, -0.15) is 0 Å². The topological polar surface area (TPSA) is 37.3 Å². The summed E-state index contributed by atoms with van der Waals surface area (Å²) in [6, 6.07) is 8.06. The van der Waals surface area contributed by atoms with Crippen molar-refractivity contribution in [2.45, 2.75) is 36.0 Å². The monoisotopic (exact) mass is 248 g/mol. The van der Waals surface area contributed by atoms with Crippen LogP contribution in [-0.2, 0) is 10.2 Å². The van der Waals surface area contributed by atoms with Crippen LogP contribution in [-0.4, -0.2) is 16.8 Å². The Labute approximate surface area is 105 Å². The highest BCUT2D eigenvalue weighted by molar-refractivity contribution is 7.99. The highest BCUT2D eigenvalue weighted by Crippen LogP contribution is 2.52. The molecule has 0 spiro atoms. The van der Waals surface area contributed by atoms with Gasteiger partial charge in [0.15, 0.2) is 0 Å². The summed E-state index contributed by atoms with van der Waals surface area (Å²) < 4.78 is 0. The molecule has 1 aromatic rings. The van der Waals surface area contributed by atoms with Crippen LogP contribution >= 0.6 is 11.8 Å². The van der Waals surface area contributed by atoms with Crippen LogP contribution in [0.4, 0.5) is 0 Å². The van der Waals surface area contributed by atoms with Crippen molar-refractivity contribution in [1.82, 2.24) is 0 Å². The summed E-state index contributed by atoms with van der Waals surface area (Å²) in [6.07, 6.45) is 4.10. The Morgan fingerprint density at radius 1 is 1.35 bits per heavy atom. The van der Waals surface area contributed by atoms with E-state index in [2.05, 4.69) is 6.07 Å². The predicted molar refractivity (Wildman–Crippen MR) is 68.4 cm³/mol. The first kappa shape index (κ1) is 11.1. The molecular weight excluding hydrogens is 232 g/mol. The maximum absolute atomic E-state index is 11.9. The molecule has 2 nitrogen and oxygen atoms in total. The van der Waals surface area contributed by atoms with Crippen LogP contribution in [0.15, 0.2) is 29.2 Å². The van der Waals surface area contributed by atoms with Gasteiger partial charge in [0, 0.05) is 10.6 Å². The maximum Gasteiger partial charge on any atom is 0.314 e. The van der Waals surface area contributed by atoms with E-state index < -0.39 is 11.4 Å². The molecule has 0 amide bonds. The minimum absolute atomic E-state index is 0.314. The molecule has 0 saturated heterocycles. The summed E-state index contributed by atoms with van der Waals surface area (Å²) in [5, 5.41) is 9.76. The fourth-order valence-electron chi connectivity index (χ4n) is 3.37. The minimum Gasteiger partial charge on any atom is -0.481 e. The molecule has 2 unspecified atom stereocenters. The Bertz CT molecular complexity index is 457. The van der Waals surface area contributed by atoms with Crippen molar-refractivity contribution >= 4 is 17.7 Å². The molecule has 90 valence electrons. The summed E-state index contributed by atoms with van der Waals surface area (Å²) in [5.41, 5.74) is 0.466. The van der Waals surface area contributed by atoms with E-state index in [0.29, 0.717) is 5.92 Å². The molecule has 0 bridgehead atoms. The molecule has 1 aliphatic carbocycles. The van der Waals surface area contributed by atoms with Gasteiger partial charge in [0.2, 0.25) is 0 Å². The predicted octanol–water partition coefficient (Wildman–Crippen LogP) is 3.30. The second kappa shape index (κ2) is 4.05. The lowest BCUT2D eigenvalue weighted by Gasteiger charge is -2.45. The number of benzene rings is 1. The SMILES string of the molecule is O=C(O)C12CCCCC1CSc1ccccc12.